The van der Waals surface area contributed by atoms with Gasteiger partial charge in [0.25, 0.3) is 15.9 Å². The minimum atomic E-state index is -4.18. The van der Waals surface area contributed by atoms with Gasteiger partial charge in [0.1, 0.15) is 5.52 Å². The molecule has 0 unspecified atom stereocenters. The summed E-state index contributed by atoms with van der Waals surface area (Å²) in [5.41, 5.74) is 1.43. The van der Waals surface area contributed by atoms with Crippen molar-refractivity contribution in [1.29, 1.82) is 0 Å². The van der Waals surface area contributed by atoms with Crippen molar-refractivity contribution < 1.29 is 26.8 Å². The predicted molar refractivity (Wildman–Crippen MR) is 132 cm³/mol. The van der Waals surface area contributed by atoms with Crippen LogP contribution in [0.15, 0.2) is 44.3 Å². The van der Waals surface area contributed by atoms with Crippen LogP contribution in [-0.2, 0) is 14.8 Å². The van der Waals surface area contributed by atoms with Crippen molar-refractivity contribution in [1.82, 2.24) is 15.0 Å². The highest BCUT2D eigenvalue weighted by Crippen LogP contribution is 2.34. The molecule has 0 spiro atoms. The molecule has 2 aliphatic rings. The molecule has 0 saturated heterocycles. The van der Waals surface area contributed by atoms with E-state index in [-0.39, 0.29) is 23.6 Å². The second kappa shape index (κ2) is 10.3. The fourth-order valence-corrected chi connectivity index (χ4v) is 6.20. The number of nitrogens with one attached hydrogen (secondary N) is 2. The van der Waals surface area contributed by atoms with E-state index in [1.54, 1.807) is 18.2 Å². The number of hydrogen-bond donors (Lipinski definition) is 2. The molecule has 36 heavy (non-hydrogen) atoms. The van der Waals surface area contributed by atoms with Crippen molar-refractivity contribution in [3.05, 3.63) is 47.0 Å². The van der Waals surface area contributed by atoms with Crippen molar-refractivity contribution in [2.75, 3.05) is 0 Å². The number of carbonyl (C=O) groups is 2. The zero-order valence-electron chi connectivity index (χ0n) is 19.7. The summed E-state index contributed by atoms with van der Waals surface area (Å²) in [7, 11) is -4.18. The molecule has 2 aromatic heterocycles. The number of furan rings is 1. The number of halogens is 1. The van der Waals surface area contributed by atoms with Gasteiger partial charge in [-0.15, -0.1) is 0 Å². The van der Waals surface area contributed by atoms with Gasteiger partial charge in [-0.1, -0.05) is 30.9 Å². The van der Waals surface area contributed by atoms with Crippen LogP contribution in [0.5, 0.6) is 0 Å². The summed E-state index contributed by atoms with van der Waals surface area (Å²) >= 11 is 6.03. The van der Waals surface area contributed by atoms with Crippen LogP contribution >= 0.6 is 11.6 Å². The fourth-order valence-electron chi connectivity index (χ4n) is 5.05. The van der Waals surface area contributed by atoms with Gasteiger partial charge in [-0.25, -0.2) is 9.71 Å². The van der Waals surface area contributed by atoms with Gasteiger partial charge in [-0.2, -0.15) is 8.42 Å². The van der Waals surface area contributed by atoms with E-state index in [1.807, 2.05) is 0 Å². The summed E-state index contributed by atoms with van der Waals surface area (Å²) < 4.78 is 38.5. The second-order valence-corrected chi connectivity index (χ2v) is 11.7. The highest BCUT2D eigenvalue weighted by Gasteiger charge is 2.30. The van der Waals surface area contributed by atoms with Gasteiger partial charge >= 0.3 is 0 Å². The Hall–Kier alpha value is -2.85. The maximum atomic E-state index is 12.7. The zero-order valence-corrected chi connectivity index (χ0v) is 21.2. The van der Waals surface area contributed by atoms with E-state index in [2.05, 4.69) is 15.0 Å². The van der Waals surface area contributed by atoms with Gasteiger partial charge < -0.3 is 14.2 Å². The molecule has 0 aliphatic heterocycles. The summed E-state index contributed by atoms with van der Waals surface area (Å²) in [5.74, 6) is -0.607. The summed E-state index contributed by atoms with van der Waals surface area (Å²) in [6.45, 7) is 0. The lowest BCUT2D eigenvalue weighted by Crippen LogP contribution is -2.37. The van der Waals surface area contributed by atoms with Crippen LogP contribution in [0.2, 0.25) is 5.02 Å². The van der Waals surface area contributed by atoms with E-state index in [1.165, 1.54) is 12.1 Å². The normalized spacial score (nSPS) is 21.4. The smallest absolute Gasteiger partial charge is 0.297 e. The first kappa shape index (κ1) is 24.8. The molecule has 2 fully saturated rings. The molecule has 2 N–H and O–H groups in total. The van der Waals surface area contributed by atoms with E-state index in [4.69, 9.17) is 20.4 Å². The van der Waals surface area contributed by atoms with E-state index in [0.717, 1.165) is 50.5 Å². The predicted octanol–water partition coefficient (Wildman–Crippen LogP) is 4.92. The molecule has 0 bridgehead atoms. The summed E-state index contributed by atoms with van der Waals surface area (Å²) in [6.07, 6.45) is 7.25. The van der Waals surface area contributed by atoms with Gasteiger partial charge in [0.2, 0.25) is 11.0 Å². The Bertz CT molecular complexity index is 1370. The van der Waals surface area contributed by atoms with E-state index in [0.29, 0.717) is 29.3 Å². The third-order valence-corrected chi connectivity index (χ3v) is 8.51. The molecule has 9 nitrogen and oxygen atoms in total. The number of rotatable bonds is 6. The Morgan fingerprint density at radius 1 is 0.944 bits per heavy atom. The lowest BCUT2D eigenvalue weighted by Gasteiger charge is -2.27. The molecule has 2 saturated carbocycles. The number of carbonyl (C=O) groups excluding carboxylic acids is 2. The highest BCUT2D eigenvalue weighted by atomic mass is 35.5. The molecule has 2 aliphatic carbocycles. The molecule has 1 aromatic carbocycles. The van der Waals surface area contributed by atoms with Crippen LogP contribution < -0.4 is 10.0 Å². The van der Waals surface area contributed by atoms with Crippen molar-refractivity contribution in [3.8, 4) is 0 Å². The number of amides is 2. The SMILES string of the molecule is O=C(NC1CCC(c2nc3cc(Cl)ccc3o2)CC1)c1ccc(S(=O)(=O)NC(=O)C2CCCCC2)o1. The minimum Gasteiger partial charge on any atom is -0.440 e. The quantitative estimate of drug-likeness (QED) is 0.460. The van der Waals surface area contributed by atoms with E-state index >= 15 is 0 Å². The first-order valence-corrected chi connectivity index (χ1v) is 14.2. The summed E-state index contributed by atoms with van der Waals surface area (Å²) in [4.78, 5) is 29.6. The average molecular weight is 534 g/mol. The van der Waals surface area contributed by atoms with Crippen LogP contribution in [0.4, 0.5) is 0 Å². The Morgan fingerprint density at radius 2 is 1.69 bits per heavy atom. The van der Waals surface area contributed by atoms with Gasteiger partial charge in [-0.3, -0.25) is 9.59 Å². The topological polar surface area (TPSA) is 132 Å². The van der Waals surface area contributed by atoms with Crippen LogP contribution in [0.25, 0.3) is 11.1 Å². The van der Waals surface area contributed by atoms with Crippen molar-refractivity contribution in [3.63, 3.8) is 0 Å². The molecule has 5 rings (SSSR count). The fraction of sp³-hybridized carbons (Fsp3) is 0.480. The Labute approximate surface area is 214 Å². The molecular weight excluding hydrogens is 506 g/mol. The monoisotopic (exact) mass is 533 g/mol. The van der Waals surface area contributed by atoms with E-state index in [9.17, 15) is 18.0 Å². The summed E-state index contributed by atoms with van der Waals surface area (Å²) in [6, 6.07) is 7.77. The first-order chi connectivity index (χ1) is 17.3. The number of fused-ring (bicyclic) bond motifs is 1. The number of aromatic nitrogens is 1. The molecule has 2 amide bonds. The largest absolute Gasteiger partial charge is 0.440 e. The first-order valence-electron chi connectivity index (χ1n) is 12.3. The Kier molecular flexibility index (Phi) is 7.07. The number of oxazole rings is 1. The van der Waals surface area contributed by atoms with Gasteiger partial charge in [-0.05, 0) is 68.9 Å². The number of nitrogens with zero attached hydrogens (tertiary/aromatic N) is 1. The zero-order chi connectivity index (χ0) is 25.3. The minimum absolute atomic E-state index is 0.0799. The summed E-state index contributed by atoms with van der Waals surface area (Å²) in [5, 5.41) is 3.07. The molecule has 0 atom stereocenters. The molecular formula is C25H28ClN3O6S. The Balaban J connectivity index is 1.15. The maximum absolute atomic E-state index is 12.7. The third kappa shape index (κ3) is 5.44. The van der Waals surface area contributed by atoms with E-state index < -0.39 is 26.9 Å². The van der Waals surface area contributed by atoms with Gasteiger partial charge in [0.15, 0.2) is 17.2 Å². The van der Waals surface area contributed by atoms with Crippen LogP contribution in [0.3, 0.4) is 0 Å². The highest BCUT2D eigenvalue weighted by molar-refractivity contribution is 7.89. The lowest BCUT2D eigenvalue weighted by molar-refractivity contribution is -0.124. The van der Waals surface area contributed by atoms with Crippen LogP contribution in [0.1, 0.15) is 80.2 Å². The number of benzene rings is 1. The molecule has 0 radical (unpaired) electrons. The van der Waals surface area contributed by atoms with Crippen molar-refractivity contribution >= 4 is 44.5 Å². The van der Waals surface area contributed by atoms with Gasteiger partial charge in [0, 0.05) is 22.9 Å². The molecule has 11 heteroatoms. The average Bonchev–Trinajstić information content (AvgIpc) is 3.53. The number of sulfonamides is 1. The van der Waals surface area contributed by atoms with Crippen LogP contribution in [0, 0.1) is 5.92 Å². The van der Waals surface area contributed by atoms with Crippen LogP contribution in [-0.4, -0.2) is 31.3 Å². The number of hydrogen-bond acceptors (Lipinski definition) is 7. The van der Waals surface area contributed by atoms with Crippen molar-refractivity contribution in [2.45, 2.75) is 74.8 Å². The molecule has 2 heterocycles. The molecule has 3 aromatic rings. The van der Waals surface area contributed by atoms with Crippen molar-refractivity contribution in [2.24, 2.45) is 5.92 Å². The standard InChI is InChI=1S/C25H28ClN3O6S/c26-17-8-11-20-19(14-17)28-25(35-20)16-6-9-18(10-7-16)27-24(31)21-12-13-22(34-21)36(32,33)29-23(30)15-4-2-1-3-5-15/h8,11-16,18H,1-7,9-10H2,(H,27,31)(H,29,30). The Morgan fingerprint density at radius 3 is 2.44 bits per heavy atom. The third-order valence-electron chi connectivity index (χ3n) is 7.06. The van der Waals surface area contributed by atoms with Gasteiger partial charge in [0.05, 0.1) is 0 Å². The lowest BCUT2D eigenvalue weighted by atomic mass is 9.86. The maximum Gasteiger partial charge on any atom is 0.297 e. The second-order valence-electron chi connectivity index (χ2n) is 9.61. The molecule has 192 valence electrons.